The summed E-state index contributed by atoms with van der Waals surface area (Å²) >= 11 is 3.16. The lowest BCUT2D eigenvalue weighted by atomic mass is 10.2. The van der Waals surface area contributed by atoms with Crippen LogP contribution in [0, 0.1) is 0 Å². The highest BCUT2D eigenvalue weighted by Gasteiger charge is 1.98. The fourth-order valence-corrected chi connectivity index (χ4v) is 0.984. The van der Waals surface area contributed by atoms with Gasteiger partial charge in [0.2, 0.25) is 0 Å². The van der Waals surface area contributed by atoms with E-state index < -0.39 is 0 Å². The summed E-state index contributed by atoms with van der Waals surface area (Å²) in [6.45, 7) is 0. The van der Waals surface area contributed by atoms with Crippen LogP contribution >= 0.6 is 15.9 Å². The molecule has 0 aliphatic heterocycles. The zero-order valence-electron chi connectivity index (χ0n) is 5.53. The second-order valence-corrected chi connectivity index (χ2v) is 2.66. The lowest BCUT2D eigenvalue weighted by Gasteiger charge is -1.96. The summed E-state index contributed by atoms with van der Waals surface area (Å²) in [4.78, 5) is 3.88. The van der Waals surface area contributed by atoms with Crippen LogP contribution in [0.4, 0.5) is 0 Å². The number of pyridine rings is 1. The van der Waals surface area contributed by atoms with Crippen molar-refractivity contribution in [1.82, 2.24) is 4.98 Å². The fourth-order valence-electron chi connectivity index (χ4n) is 0.620. The third-order valence-electron chi connectivity index (χ3n) is 1.13. The molecule has 58 valence electrons. The molecule has 0 radical (unpaired) electrons. The first kappa shape index (κ1) is 8.00. The lowest BCUT2D eigenvalue weighted by Crippen LogP contribution is -2.12. The van der Waals surface area contributed by atoms with Gasteiger partial charge in [0.25, 0.3) is 0 Å². The Morgan fingerprint density at radius 1 is 1.73 bits per heavy atom. The zero-order valence-corrected chi connectivity index (χ0v) is 7.12. The van der Waals surface area contributed by atoms with Crippen molar-refractivity contribution in [3.63, 3.8) is 0 Å². The number of halogens is 1. The van der Waals surface area contributed by atoms with Crippen molar-refractivity contribution in [1.29, 1.82) is 0 Å². The second kappa shape index (κ2) is 3.34. The number of nitrogens with zero attached hydrogens (tertiary/aromatic N) is 2. The molecule has 1 rings (SSSR count). The van der Waals surface area contributed by atoms with Gasteiger partial charge in [0, 0.05) is 11.8 Å². The molecule has 0 spiro atoms. The van der Waals surface area contributed by atoms with Crippen LogP contribution in [0.25, 0.3) is 0 Å². The molecule has 0 bridgehead atoms. The number of hydrogen-bond acceptors (Lipinski definition) is 3. The second-order valence-electron chi connectivity index (χ2n) is 1.85. The number of nitrogens with two attached hydrogens (primary N) is 1. The Labute approximate surface area is 71.9 Å². The Hall–Kier alpha value is -1.10. The third kappa shape index (κ3) is 1.91. The minimum Gasteiger partial charge on any atom is -0.409 e. The van der Waals surface area contributed by atoms with E-state index in [0.29, 0.717) is 10.2 Å². The standard InChI is InChI=1S/C6H6BrN3O/c7-5-3-4(1-2-9-5)6(8)10-11/h1-3,11H,(H2,8,10). The summed E-state index contributed by atoms with van der Waals surface area (Å²) in [5, 5.41) is 11.2. The van der Waals surface area contributed by atoms with E-state index in [1.807, 2.05) is 0 Å². The van der Waals surface area contributed by atoms with E-state index in [0.717, 1.165) is 0 Å². The van der Waals surface area contributed by atoms with Gasteiger partial charge in [-0.25, -0.2) is 4.98 Å². The summed E-state index contributed by atoms with van der Waals surface area (Å²) in [5.41, 5.74) is 5.95. The molecule has 0 amide bonds. The van der Waals surface area contributed by atoms with Gasteiger partial charge in [0.05, 0.1) is 0 Å². The van der Waals surface area contributed by atoms with Crippen molar-refractivity contribution in [3.05, 3.63) is 28.5 Å². The van der Waals surface area contributed by atoms with Crippen molar-refractivity contribution in [2.45, 2.75) is 0 Å². The van der Waals surface area contributed by atoms with Crippen LogP contribution in [0.3, 0.4) is 0 Å². The molecule has 3 N–H and O–H groups in total. The highest BCUT2D eigenvalue weighted by atomic mass is 79.9. The van der Waals surface area contributed by atoms with Gasteiger partial charge in [-0.2, -0.15) is 0 Å². The maximum Gasteiger partial charge on any atom is 0.170 e. The molecule has 4 nitrogen and oxygen atoms in total. The van der Waals surface area contributed by atoms with Crippen LogP contribution in [0.5, 0.6) is 0 Å². The highest BCUT2D eigenvalue weighted by molar-refractivity contribution is 9.10. The van der Waals surface area contributed by atoms with Crippen LogP contribution in [-0.4, -0.2) is 16.0 Å². The Morgan fingerprint density at radius 3 is 3.00 bits per heavy atom. The molecule has 0 saturated heterocycles. The molecule has 0 atom stereocenters. The molecule has 0 aromatic carbocycles. The zero-order chi connectivity index (χ0) is 8.27. The maximum absolute atomic E-state index is 8.31. The van der Waals surface area contributed by atoms with Crippen LogP contribution in [0.15, 0.2) is 28.1 Å². The molecule has 0 fully saturated rings. The molecule has 0 saturated carbocycles. The van der Waals surface area contributed by atoms with Crippen molar-refractivity contribution in [3.8, 4) is 0 Å². The van der Waals surface area contributed by atoms with Gasteiger partial charge in [-0.1, -0.05) is 5.16 Å². The number of hydrogen-bond donors (Lipinski definition) is 2. The first-order chi connectivity index (χ1) is 5.24. The van der Waals surface area contributed by atoms with Gasteiger partial charge in [0.15, 0.2) is 5.84 Å². The molecule has 1 aromatic rings. The average Bonchev–Trinajstić information content (AvgIpc) is 2.03. The minimum atomic E-state index is 0.0769. The predicted molar refractivity (Wildman–Crippen MR) is 44.4 cm³/mol. The number of oxime groups is 1. The van der Waals surface area contributed by atoms with Gasteiger partial charge in [-0.3, -0.25) is 0 Å². The van der Waals surface area contributed by atoms with E-state index in [1.54, 1.807) is 18.3 Å². The fraction of sp³-hybridized carbons (Fsp3) is 0. The van der Waals surface area contributed by atoms with E-state index >= 15 is 0 Å². The van der Waals surface area contributed by atoms with Crippen LogP contribution < -0.4 is 5.73 Å². The third-order valence-corrected chi connectivity index (χ3v) is 1.56. The van der Waals surface area contributed by atoms with Crippen LogP contribution in [0.1, 0.15) is 5.56 Å². The molecule has 0 unspecified atom stereocenters. The van der Waals surface area contributed by atoms with Crippen molar-refractivity contribution >= 4 is 21.8 Å². The Kier molecular flexibility index (Phi) is 2.43. The van der Waals surface area contributed by atoms with E-state index in [2.05, 4.69) is 26.1 Å². The van der Waals surface area contributed by atoms with Crippen LogP contribution in [0.2, 0.25) is 0 Å². The average molecular weight is 216 g/mol. The lowest BCUT2D eigenvalue weighted by molar-refractivity contribution is 0.318. The molecule has 1 heterocycles. The predicted octanol–water partition coefficient (Wildman–Crippen LogP) is 0.939. The molecule has 0 aliphatic rings. The van der Waals surface area contributed by atoms with E-state index in [1.165, 1.54) is 0 Å². The van der Waals surface area contributed by atoms with Gasteiger partial charge in [-0.15, -0.1) is 0 Å². The normalized spacial score (nSPS) is 11.5. The molecule has 11 heavy (non-hydrogen) atoms. The summed E-state index contributed by atoms with van der Waals surface area (Å²) in [5.74, 6) is 0.0769. The van der Waals surface area contributed by atoms with Crippen molar-refractivity contribution in [2.24, 2.45) is 10.9 Å². The first-order valence-electron chi connectivity index (χ1n) is 2.83. The first-order valence-corrected chi connectivity index (χ1v) is 3.63. The molecule has 0 aliphatic carbocycles. The smallest absolute Gasteiger partial charge is 0.170 e. The SMILES string of the molecule is N/C(=N/O)c1ccnc(Br)c1. The Bertz CT molecular complexity index is 287. The maximum atomic E-state index is 8.31. The summed E-state index contributed by atoms with van der Waals surface area (Å²) in [7, 11) is 0. The van der Waals surface area contributed by atoms with Gasteiger partial charge < -0.3 is 10.9 Å². The Balaban J connectivity index is 3.06. The van der Waals surface area contributed by atoms with Crippen molar-refractivity contribution in [2.75, 3.05) is 0 Å². The number of aromatic nitrogens is 1. The summed E-state index contributed by atoms with van der Waals surface area (Å²) in [6.07, 6.45) is 1.57. The molecule has 1 aromatic heterocycles. The summed E-state index contributed by atoms with van der Waals surface area (Å²) in [6, 6.07) is 3.31. The topological polar surface area (TPSA) is 71.5 Å². The molecular formula is C6H6BrN3O. The highest BCUT2D eigenvalue weighted by Crippen LogP contribution is 2.07. The number of rotatable bonds is 1. The van der Waals surface area contributed by atoms with Gasteiger partial charge in [-0.05, 0) is 28.1 Å². The quantitative estimate of drug-likeness (QED) is 0.241. The Morgan fingerprint density at radius 2 is 2.45 bits per heavy atom. The molecular weight excluding hydrogens is 210 g/mol. The largest absolute Gasteiger partial charge is 0.409 e. The number of amidine groups is 1. The monoisotopic (exact) mass is 215 g/mol. The van der Waals surface area contributed by atoms with Gasteiger partial charge >= 0.3 is 0 Å². The minimum absolute atomic E-state index is 0.0769. The van der Waals surface area contributed by atoms with Crippen molar-refractivity contribution < 1.29 is 5.21 Å². The molecule has 5 heteroatoms. The van der Waals surface area contributed by atoms with E-state index in [-0.39, 0.29) is 5.84 Å². The van der Waals surface area contributed by atoms with E-state index in [9.17, 15) is 0 Å². The van der Waals surface area contributed by atoms with Gasteiger partial charge in [0.1, 0.15) is 4.60 Å². The summed E-state index contributed by atoms with van der Waals surface area (Å²) < 4.78 is 0.654. The van der Waals surface area contributed by atoms with Crippen LogP contribution in [-0.2, 0) is 0 Å². The van der Waals surface area contributed by atoms with E-state index in [4.69, 9.17) is 10.9 Å².